The Morgan fingerprint density at radius 1 is 1.38 bits per heavy atom. The van der Waals surface area contributed by atoms with Crippen LogP contribution in [0, 0.1) is 0 Å². The van der Waals surface area contributed by atoms with Crippen molar-refractivity contribution in [2.75, 3.05) is 6.61 Å². The molecule has 0 saturated carbocycles. The van der Waals surface area contributed by atoms with Crippen molar-refractivity contribution in [1.82, 2.24) is 4.72 Å². The fraction of sp³-hybridized carbons (Fsp3) is 0.417. The van der Waals surface area contributed by atoms with E-state index in [-0.39, 0.29) is 5.02 Å². The summed E-state index contributed by atoms with van der Waals surface area (Å²) in [7, 11) is -4.11. The molecule has 0 amide bonds. The van der Waals surface area contributed by atoms with Crippen molar-refractivity contribution in [1.29, 1.82) is 0 Å². The van der Waals surface area contributed by atoms with E-state index in [1.165, 1.54) is 6.92 Å². The van der Waals surface area contributed by atoms with Gasteiger partial charge in [0.15, 0.2) is 0 Å². The highest BCUT2D eigenvalue weighted by molar-refractivity contribution is 7.89. The first kappa shape index (κ1) is 18.2. The van der Waals surface area contributed by atoms with Crippen molar-refractivity contribution in [3.05, 3.63) is 27.7 Å². The number of hydrogen-bond acceptors (Lipinski definition) is 4. The topological polar surface area (TPSA) is 104 Å². The molecule has 0 aliphatic rings. The van der Waals surface area contributed by atoms with E-state index in [2.05, 4.69) is 4.72 Å². The average Bonchev–Trinajstić information content (AvgIpc) is 2.37. The molecule has 1 atom stereocenters. The van der Waals surface area contributed by atoms with Gasteiger partial charge in [-0.2, -0.15) is 0 Å². The van der Waals surface area contributed by atoms with Crippen LogP contribution in [0.3, 0.4) is 0 Å². The van der Waals surface area contributed by atoms with Crippen LogP contribution in [0.15, 0.2) is 17.0 Å². The number of aliphatic hydroxyl groups is 1. The largest absolute Gasteiger partial charge is 0.478 e. The molecule has 0 spiro atoms. The molecule has 0 saturated heterocycles. The zero-order valence-electron chi connectivity index (χ0n) is 11.4. The van der Waals surface area contributed by atoms with E-state index < -0.39 is 43.6 Å². The van der Waals surface area contributed by atoms with Crippen LogP contribution in [-0.4, -0.2) is 36.7 Å². The van der Waals surface area contributed by atoms with Gasteiger partial charge in [-0.25, -0.2) is 17.9 Å². The molecule has 1 aromatic carbocycles. The second-order valence-corrected chi connectivity index (χ2v) is 7.15. The summed E-state index contributed by atoms with van der Waals surface area (Å²) in [6, 6.07) is 2.26. The molecule has 0 bridgehead atoms. The number of aromatic carboxylic acids is 1. The van der Waals surface area contributed by atoms with Crippen LogP contribution < -0.4 is 4.72 Å². The summed E-state index contributed by atoms with van der Waals surface area (Å²) < 4.78 is 27.0. The van der Waals surface area contributed by atoms with E-state index in [9.17, 15) is 18.3 Å². The van der Waals surface area contributed by atoms with Crippen LogP contribution in [0.2, 0.25) is 10.0 Å². The molecular formula is C12H15Cl2NO5S. The molecule has 0 aliphatic heterocycles. The molecule has 0 heterocycles. The highest BCUT2D eigenvalue weighted by Gasteiger charge is 2.31. The van der Waals surface area contributed by atoms with E-state index >= 15 is 0 Å². The minimum absolute atomic E-state index is 0.160. The molecule has 0 radical (unpaired) electrons. The van der Waals surface area contributed by atoms with Gasteiger partial charge in [0, 0.05) is 0 Å². The number of carboxylic acid groups (broad SMARTS) is 1. The number of rotatable bonds is 6. The van der Waals surface area contributed by atoms with Gasteiger partial charge in [0.1, 0.15) is 4.90 Å². The highest BCUT2D eigenvalue weighted by atomic mass is 35.5. The van der Waals surface area contributed by atoms with Gasteiger partial charge in [-0.1, -0.05) is 30.1 Å². The zero-order chi connectivity index (χ0) is 16.4. The quantitative estimate of drug-likeness (QED) is 0.724. The first-order valence-corrected chi connectivity index (χ1v) is 8.18. The Hall–Kier alpha value is -0.860. The fourth-order valence-corrected chi connectivity index (χ4v) is 3.92. The highest BCUT2D eigenvalue weighted by Crippen LogP contribution is 2.31. The first-order valence-electron chi connectivity index (χ1n) is 5.94. The molecule has 3 N–H and O–H groups in total. The van der Waals surface area contributed by atoms with Gasteiger partial charge in [0.05, 0.1) is 27.8 Å². The summed E-state index contributed by atoms with van der Waals surface area (Å²) in [4.78, 5) is 10.7. The Labute approximate surface area is 132 Å². The SMILES string of the molecule is CCC(C)(CO)NS(=O)(=O)c1ccc(Cl)c(C(=O)O)c1Cl. The predicted octanol–water partition coefficient (Wildman–Crippen LogP) is 2.13. The van der Waals surface area contributed by atoms with Crippen LogP contribution in [0.5, 0.6) is 0 Å². The number of hydrogen-bond donors (Lipinski definition) is 3. The summed E-state index contributed by atoms with van der Waals surface area (Å²) in [5, 5.41) is 17.7. The monoisotopic (exact) mass is 355 g/mol. The third kappa shape index (κ3) is 3.87. The molecule has 9 heteroatoms. The third-order valence-corrected chi connectivity index (χ3v) is 5.57. The van der Waals surface area contributed by atoms with Crippen molar-refractivity contribution >= 4 is 39.2 Å². The molecule has 0 fully saturated rings. The molecule has 1 rings (SSSR count). The normalized spacial score (nSPS) is 14.7. The number of sulfonamides is 1. The van der Waals surface area contributed by atoms with Gasteiger partial charge >= 0.3 is 5.97 Å². The van der Waals surface area contributed by atoms with Crippen LogP contribution in [0.1, 0.15) is 30.6 Å². The maximum atomic E-state index is 12.3. The van der Waals surface area contributed by atoms with Gasteiger partial charge in [-0.05, 0) is 25.5 Å². The predicted molar refractivity (Wildman–Crippen MR) is 79.5 cm³/mol. The van der Waals surface area contributed by atoms with Gasteiger partial charge in [-0.3, -0.25) is 0 Å². The van der Waals surface area contributed by atoms with Gasteiger partial charge in [-0.15, -0.1) is 0 Å². The van der Waals surface area contributed by atoms with Crippen molar-refractivity contribution < 1.29 is 23.4 Å². The summed E-state index contributed by atoms with van der Waals surface area (Å²) in [6.07, 6.45) is 0.333. The number of halogens is 2. The maximum absolute atomic E-state index is 12.3. The zero-order valence-corrected chi connectivity index (χ0v) is 13.7. The van der Waals surface area contributed by atoms with Crippen LogP contribution in [0.25, 0.3) is 0 Å². The Bertz CT molecular complexity index is 656. The van der Waals surface area contributed by atoms with Crippen LogP contribution >= 0.6 is 23.2 Å². The lowest BCUT2D eigenvalue weighted by atomic mass is 10.0. The number of carbonyl (C=O) groups is 1. The van der Waals surface area contributed by atoms with E-state index in [0.29, 0.717) is 6.42 Å². The minimum atomic E-state index is -4.11. The van der Waals surface area contributed by atoms with Gasteiger partial charge < -0.3 is 10.2 Å². The van der Waals surface area contributed by atoms with E-state index in [1.807, 2.05) is 0 Å². The number of benzene rings is 1. The van der Waals surface area contributed by atoms with Crippen molar-refractivity contribution in [2.24, 2.45) is 0 Å². The second kappa shape index (κ2) is 6.50. The average molecular weight is 356 g/mol. The van der Waals surface area contributed by atoms with Crippen LogP contribution in [-0.2, 0) is 10.0 Å². The second-order valence-electron chi connectivity index (χ2n) is 4.72. The molecule has 0 aromatic heterocycles. The van der Waals surface area contributed by atoms with Gasteiger partial charge in [0.25, 0.3) is 0 Å². The molecule has 1 unspecified atom stereocenters. The standard InChI is InChI=1S/C12H15Cl2NO5S/c1-3-12(2,6-16)15-21(19,20)8-5-4-7(13)9(10(8)14)11(17)18/h4-5,15-16H,3,6H2,1-2H3,(H,17,18). The van der Waals surface area contributed by atoms with E-state index in [0.717, 1.165) is 12.1 Å². The Morgan fingerprint density at radius 3 is 2.38 bits per heavy atom. The lowest BCUT2D eigenvalue weighted by Crippen LogP contribution is -2.48. The number of nitrogens with one attached hydrogen (secondary N) is 1. The first-order chi connectivity index (χ1) is 9.58. The maximum Gasteiger partial charge on any atom is 0.338 e. The van der Waals surface area contributed by atoms with Crippen LogP contribution in [0.4, 0.5) is 0 Å². The molecule has 6 nitrogen and oxygen atoms in total. The molecule has 1 aromatic rings. The van der Waals surface area contributed by atoms with E-state index in [1.54, 1.807) is 6.92 Å². The fourth-order valence-electron chi connectivity index (χ4n) is 1.53. The Balaban J connectivity index is 3.40. The number of aliphatic hydroxyl groups excluding tert-OH is 1. The summed E-state index contributed by atoms with van der Waals surface area (Å²) >= 11 is 11.6. The smallest absolute Gasteiger partial charge is 0.338 e. The molecule has 118 valence electrons. The summed E-state index contributed by atoms with van der Waals surface area (Å²) in [5.74, 6) is -1.43. The molecular weight excluding hydrogens is 341 g/mol. The van der Waals surface area contributed by atoms with Crippen molar-refractivity contribution in [3.63, 3.8) is 0 Å². The lowest BCUT2D eigenvalue weighted by molar-refractivity contribution is 0.0697. The Kier molecular flexibility index (Phi) is 5.63. The van der Waals surface area contributed by atoms with Gasteiger partial charge in [0.2, 0.25) is 10.0 Å². The minimum Gasteiger partial charge on any atom is -0.478 e. The van der Waals surface area contributed by atoms with E-state index in [4.69, 9.17) is 28.3 Å². The summed E-state index contributed by atoms with van der Waals surface area (Å²) in [6.45, 7) is 2.80. The molecule has 21 heavy (non-hydrogen) atoms. The summed E-state index contributed by atoms with van der Waals surface area (Å²) in [5.41, 5.74) is -1.56. The third-order valence-electron chi connectivity index (χ3n) is 3.07. The molecule has 0 aliphatic carbocycles. The van der Waals surface area contributed by atoms with Crippen molar-refractivity contribution in [3.8, 4) is 0 Å². The van der Waals surface area contributed by atoms with Crippen molar-refractivity contribution in [2.45, 2.75) is 30.7 Å². The lowest BCUT2D eigenvalue weighted by Gasteiger charge is -2.27. The Morgan fingerprint density at radius 2 is 1.95 bits per heavy atom. The number of carboxylic acids is 1.